The predicted octanol–water partition coefficient (Wildman–Crippen LogP) is 3.22. The molecule has 0 saturated heterocycles. The van der Waals surface area contributed by atoms with Crippen LogP contribution in [0.1, 0.15) is 16.1 Å². The molecule has 2 amide bonds. The third-order valence-electron chi connectivity index (χ3n) is 4.25. The average Bonchev–Trinajstić information content (AvgIpc) is 3.24. The number of hydrogen-bond donors (Lipinski definition) is 2. The van der Waals surface area contributed by atoms with Crippen molar-refractivity contribution in [2.45, 2.75) is 6.54 Å². The number of sulfonamides is 1. The fourth-order valence-corrected chi connectivity index (χ4v) is 4.01. The Morgan fingerprint density at radius 2 is 1.74 bits per heavy atom. The molecule has 10 heteroatoms. The number of benzene rings is 2. The summed E-state index contributed by atoms with van der Waals surface area (Å²) in [5, 5.41) is 5.36. The molecule has 0 aliphatic carbocycles. The summed E-state index contributed by atoms with van der Waals surface area (Å²) in [6.07, 6.45) is 2.55. The fraction of sp³-hybridized carbons (Fsp3) is 0.143. The summed E-state index contributed by atoms with van der Waals surface area (Å²) in [6, 6.07) is 16.7. The van der Waals surface area contributed by atoms with Crippen molar-refractivity contribution in [3.8, 4) is 0 Å². The van der Waals surface area contributed by atoms with Gasteiger partial charge in [-0.2, -0.15) is 0 Å². The SMILES string of the molecule is CS(=O)(=O)N(CC(=O)Nc1ccccc1C(=O)NCc1ccco1)c1ccc(I)cc1. The highest BCUT2D eigenvalue weighted by Gasteiger charge is 2.22. The Morgan fingerprint density at radius 3 is 2.39 bits per heavy atom. The highest BCUT2D eigenvalue weighted by Crippen LogP contribution is 2.20. The van der Waals surface area contributed by atoms with E-state index in [0.29, 0.717) is 11.4 Å². The van der Waals surface area contributed by atoms with Gasteiger partial charge in [-0.1, -0.05) is 12.1 Å². The number of hydrogen-bond acceptors (Lipinski definition) is 5. The van der Waals surface area contributed by atoms with E-state index in [9.17, 15) is 18.0 Å². The fourth-order valence-electron chi connectivity index (χ4n) is 2.79. The minimum absolute atomic E-state index is 0.197. The van der Waals surface area contributed by atoms with Gasteiger partial charge in [0.15, 0.2) is 0 Å². The molecule has 0 atom stereocenters. The zero-order valence-electron chi connectivity index (χ0n) is 16.5. The van der Waals surface area contributed by atoms with Crippen molar-refractivity contribution in [2.75, 3.05) is 22.4 Å². The summed E-state index contributed by atoms with van der Waals surface area (Å²) in [7, 11) is -3.70. The second-order valence-corrected chi connectivity index (χ2v) is 9.75. The Balaban J connectivity index is 1.73. The smallest absolute Gasteiger partial charge is 0.253 e. The number of carbonyl (C=O) groups is 2. The van der Waals surface area contributed by atoms with E-state index in [1.807, 2.05) is 0 Å². The van der Waals surface area contributed by atoms with Gasteiger partial charge in [0.1, 0.15) is 12.3 Å². The Labute approximate surface area is 193 Å². The zero-order chi connectivity index (χ0) is 22.4. The van der Waals surface area contributed by atoms with Gasteiger partial charge in [-0.15, -0.1) is 0 Å². The topological polar surface area (TPSA) is 109 Å². The van der Waals surface area contributed by atoms with E-state index in [2.05, 4.69) is 33.2 Å². The van der Waals surface area contributed by atoms with Crippen LogP contribution in [-0.2, 0) is 21.4 Å². The van der Waals surface area contributed by atoms with Crippen molar-refractivity contribution in [1.82, 2.24) is 5.32 Å². The number of rotatable bonds is 8. The summed E-state index contributed by atoms with van der Waals surface area (Å²) in [5.74, 6) is -0.378. The van der Waals surface area contributed by atoms with Crippen molar-refractivity contribution in [3.63, 3.8) is 0 Å². The maximum absolute atomic E-state index is 12.7. The molecule has 0 saturated carbocycles. The molecule has 3 rings (SSSR count). The molecule has 0 aliphatic heterocycles. The third-order valence-corrected chi connectivity index (χ3v) is 6.11. The summed E-state index contributed by atoms with van der Waals surface area (Å²) in [6.45, 7) is -0.232. The van der Waals surface area contributed by atoms with Crippen molar-refractivity contribution in [1.29, 1.82) is 0 Å². The first-order valence-corrected chi connectivity index (χ1v) is 12.1. The van der Waals surface area contributed by atoms with Gasteiger partial charge < -0.3 is 15.1 Å². The largest absolute Gasteiger partial charge is 0.467 e. The molecule has 2 aromatic carbocycles. The van der Waals surface area contributed by atoms with Gasteiger partial charge in [0, 0.05) is 3.57 Å². The second kappa shape index (κ2) is 9.96. The van der Waals surface area contributed by atoms with Gasteiger partial charge >= 0.3 is 0 Å². The van der Waals surface area contributed by atoms with Crippen LogP contribution >= 0.6 is 22.6 Å². The molecule has 31 heavy (non-hydrogen) atoms. The van der Waals surface area contributed by atoms with Crippen LogP contribution in [-0.4, -0.2) is 33.0 Å². The average molecular weight is 553 g/mol. The maximum Gasteiger partial charge on any atom is 0.253 e. The molecule has 8 nitrogen and oxygen atoms in total. The lowest BCUT2D eigenvalue weighted by atomic mass is 10.1. The summed E-state index contributed by atoms with van der Waals surface area (Å²) in [5.41, 5.74) is 0.908. The van der Waals surface area contributed by atoms with E-state index in [1.54, 1.807) is 60.7 Å². The van der Waals surface area contributed by atoms with Gasteiger partial charge in [-0.3, -0.25) is 13.9 Å². The first-order chi connectivity index (χ1) is 14.7. The number of furan rings is 1. The Morgan fingerprint density at radius 1 is 1.03 bits per heavy atom. The highest BCUT2D eigenvalue weighted by atomic mass is 127. The molecule has 1 aromatic heterocycles. The molecule has 0 radical (unpaired) electrons. The second-order valence-electron chi connectivity index (χ2n) is 6.60. The lowest BCUT2D eigenvalue weighted by Crippen LogP contribution is -2.37. The van der Waals surface area contributed by atoms with E-state index in [0.717, 1.165) is 14.1 Å². The van der Waals surface area contributed by atoms with Crippen LogP contribution in [0.3, 0.4) is 0 Å². The molecule has 0 aliphatic rings. The normalized spacial score (nSPS) is 11.0. The minimum atomic E-state index is -3.70. The van der Waals surface area contributed by atoms with Gasteiger partial charge in [-0.25, -0.2) is 8.42 Å². The van der Waals surface area contributed by atoms with E-state index in [4.69, 9.17) is 4.42 Å². The Kier molecular flexibility index (Phi) is 7.33. The highest BCUT2D eigenvalue weighted by molar-refractivity contribution is 14.1. The molecule has 0 bridgehead atoms. The van der Waals surface area contributed by atoms with Crippen molar-refractivity contribution in [2.24, 2.45) is 0 Å². The Hall–Kier alpha value is -2.86. The molecule has 0 unspecified atom stereocenters. The van der Waals surface area contributed by atoms with Crippen LogP contribution in [0.5, 0.6) is 0 Å². The molecular weight excluding hydrogens is 533 g/mol. The van der Waals surface area contributed by atoms with Crippen LogP contribution in [0.25, 0.3) is 0 Å². The van der Waals surface area contributed by atoms with Gasteiger partial charge in [0.2, 0.25) is 15.9 Å². The molecule has 2 N–H and O–H groups in total. The summed E-state index contributed by atoms with van der Waals surface area (Å²) in [4.78, 5) is 25.2. The number of nitrogens with zero attached hydrogens (tertiary/aromatic N) is 1. The molecule has 3 aromatic rings. The van der Waals surface area contributed by atoms with E-state index in [-0.39, 0.29) is 17.8 Å². The Bertz CT molecular complexity index is 1160. The number of amides is 2. The van der Waals surface area contributed by atoms with Crippen molar-refractivity contribution >= 4 is 55.8 Å². The molecule has 1 heterocycles. The first kappa shape index (κ1) is 22.8. The van der Waals surface area contributed by atoms with Gasteiger partial charge in [0.05, 0.1) is 36.0 Å². The van der Waals surface area contributed by atoms with Gasteiger partial charge in [0.25, 0.3) is 5.91 Å². The standard InChI is InChI=1S/C21H20IN3O5S/c1-31(28,29)25(16-10-8-15(22)9-11-16)14-20(26)24-19-7-3-2-6-18(19)21(27)23-13-17-5-4-12-30-17/h2-12H,13-14H2,1H3,(H,23,27)(H,24,26). The minimum Gasteiger partial charge on any atom is -0.467 e. The van der Waals surface area contributed by atoms with Crippen LogP contribution in [0.15, 0.2) is 71.3 Å². The van der Waals surface area contributed by atoms with E-state index < -0.39 is 28.4 Å². The van der Waals surface area contributed by atoms with E-state index >= 15 is 0 Å². The summed E-state index contributed by atoms with van der Waals surface area (Å²) >= 11 is 2.11. The van der Waals surface area contributed by atoms with Gasteiger partial charge in [-0.05, 0) is 71.1 Å². The molecule has 162 valence electrons. The van der Waals surface area contributed by atoms with Crippen LogP contribution < -0.4 is 14.9 Å². The number of nitrogens with one attached hydrogen (secondary N) is 2. The number of para-hydroxylation sites is 1. The monoisotopic (exact) mass is 553 g/mol. The quantitative estimate of drug-likeness (QED) is 0.417. The molecule has 0 spiro atoms. The molecule has 0 fully saturated rings. The lowest BCUT2D eigenvalue weighted by molar-refractivity contribution is -0.114. The van der Waals surface area contributed by atoms with E-state index in [1.165, 1.54) is 6.26 Å². The predicted molar refractivity (Wildman–Crippen MR) is 126 cm³/mol. The van der Waals surface area contributed by atoms with Crippen molar-refractivity contribution < 1.29 is 22.4 Å². The van der Waals surface area contributed by atoms with Crippen LogP contribution in [0.4, 0.5) is 11.4 Å². The maximum atomic E-state index is 12.7. The number of carbonyl (C=O) groups excluding carboxylic acids is 2. The third kappa shape index (κ3) is 6.31. The summed E-state index contributed by atoms with van der Waals surface area (Å²) < 4.78 is 31.6. The molecular formula is C21H20IN3O5S. The lowest BCUT2D eigenvalue weighted by Gasteiger charge is -2.22. The van der Waals surface area contributed by atoms with Crippen molar-refractivity contribution in [3.05, 3.63) is 81.8 Å². The zero-order valence-corrected chi connectivity index (χ0v) is 19.5. The van der Waals surface area contributed by atoms with Crippen LogP contribution in [0.2, 0.25) is 0 Å². The first-order valence-electron chi connectivity index (χ1n) is 9.17. The number of anilines is 2. The number of halogens is 1. The van der Waals surface area contributed by atoms with Crippen LogP contribution in [0, 0.1) is 3.57 Å².